The van der Waals surface area contributed by atoms with Gasteiger partial charge in [-0.2, -0.15) is 0 Å². The van der Waals surface area contributed by atoms with Gasteiger partial charge in [-0.1, -0.05) is 143 Å². The van der Waals surface area contributed by atoms with Crippen molar-refractivity contribution in [3.63, 3.8) is 0 Å². The molecule has 2 aliphatic rings. The molecule has 2 aliphatic heterocycles. The summed E-state index contributed by atoms with van der Waals surface area (Å²) in [6, 6.07) is 0. The van der Waals surface area contributed by atoms with E-state index in [2.05, 4.69) is 111 Å². The van der Waals surface area contributed by atoms with E-state index in [4.69, 9.17) is 28.4 Å². The number of aliphatic hydroxyl groups is 7. The molecular weight excluding hydrogens is 885 g/mol. The molecule has 0 radical (unpaired) electrons. The minimum atomic E-state index is -1.72. The molecule has 0 bridgehead atoms. The van der Waals surface area contributed by atoms with Crippen LogP contribution in [-0.2, 0) is 33.2 Å². The zero-order valence-corrected chi connectivity index (χ0v) is 41.8. The Hall–Kier alpha value is -3.09. The van der Waals surface area contributed by atoms with Crippen LogP contribution < -0.4 is 0 Å². The van der Waals surface area contributed by atoms with Gasteiger partial charge in [0.1, 0.15) is 54.9 Å². The van der Waals surface area contributed by atoms with Crippen LogP contribution in [0.5, 0.6) is 0 Å². The molecule has 69 heavy (non-hydrogen) atoms. The Morgan fingerprint density at radius 1 is 0.493 bits per heavy atom. The Morgan fingerprint density at radius 3 is 1.48 bits per heavy atom. The van der Waals surface area contributed by atoms with E-state index in [1.807, 2.05) is 0 Å². The van der Waals surface area contributed by atoms with Crippen molar-refractivity contribution in [3.05, 3.63) is 97.2 Å². The summed E-state index contributed by atoms with van der Waals surface area (Å²) in [5.41, 5.74) is 0. The number of unbranched alkanes of at least 4 members (excludes halogenated alkanes) is 9. The van der Waals surface area contributed by atoms with Crippen LogP contribution in [0, 0.1) is 0 Å². The van der Waals surface area contributed by atoms with Gasteiger partial charge in [-0.15, -0.1) is 0 Å². The number of ether oxygens (including phenoxy) is 6. The number of carbonyl (C=O) groups excluding carboxylic acids is 1. The zero-order chi connectivity index (χ0) is 50.2. The van der Waals surface area contributed by atoms with E-state index in [9.17, 15) is 40.5 Å². The Bertz CT molecular complexity index is 1500. The zero-order valence-electron chi connectivity index (χ0n) is 41.8. The Morgan fingerprint density at radius 2 is 0.942 bits per heavy atom. The van der Waals surface area contributed by atoms with Gasteiger partial charge in [0.15, 0.2) is 12.6 Å². The first kappa shape index (κ1) is 62.0. The molecule has 2 saturated heterocycles. The minimum Gasteiger partial charge on any atom is -0.457 e. The molecule has 7 N–H and O–H groups in total. The third-order valence-electron chi connectivity index (χ3n) is 11.6. The molecule has 0 aromatic carbocycles. The molecule has 0 saturated carbocycles. The maximum Gasteiger partial charge on any atom is 0.306 e. The maximum absolute atomic E-state index is 13.0. The van der Waals surface area contributed by atoms with Crippen molar-refractivity contribution in [2.75, 3.05) is 33.0 Å². The molecular formula is C55H90O14. The summed E-state index contributed by atoms with van der Waals surface area (Å²) >= 11 is 0. The molecule has 11 atom stereocenters. The van der Waals surface area contributed by atoms with Crippen molar-refractivity contribution in [2.45, 2.75) is 210 Å². The van der Waals surface area contributed by atoms with Gasteiger partial charge < -0.3 is 64.2 Å². The van der Waals surface area contributed by atoms with Crippen molar-refractivity contribution in [2.24, 2.45) is 0 Å². The summed E-state index contributed by atoms with van der Waals surface area (Å²) in [5, 5.41) is 72.1. The van der Waals surface area contributed by atoms with Crippen LogP contribution in [0.1, 0.15) is 142 Å². The topological polar surface area (TPSA) is 214 Å². The predicted octanol–water partition coefficient (Wildman–Crippen LogP) is 7.85. The third-order valence-corrected chi connectivity index (χ3v) is 11.6. The predicted molar refractivity (Wildman–Crippen MR) is 270 cm³/mol. The quantitative estimate of drug-likeness (QED) is 0.0178. The highest BCUT2D eigenvalue weighted by Crippen LogP contribution is 2.26. The number of hydrogen-bond acceptors (Lipinski definition) is 14. The van der Waals surface area contributed by atoms with E-state index < -0.39 is 86.7 Å². The number of esters is 1. The first-order valence-corrected chi connectivity index (χ1v) is 25.8. The maximum atomic E-state index is 13.0. The van der Waals surface area contributed by atoms with E-state index in [0.29, 0.717) is 13.0 Å². The van der Waals surface area contributed by atoms with E-state index in [0.717, 1.165) is 96.3 Å². The van der Waals surface area contributed by atoms with E-state index in [1.165, 1.54) is 19.3 Å². The summed E-state index contributed by atoms with van der Waals surface area (Å²) in [4.78, 5) is 13.0. The first-order valence-electron chi connectivity index (χ1n) is 25.8. The van der Waals surface area contributed by atoms with Crippen LogP contribution in [0.4, 0.5) is 0 Å². The summed E-state index contributed by atoms with van der Waals surface area (Å²) in [7, 11) is 0. The van der Waals surface area contributed by atoms with Crippen LogP contribution in [0.2, 0.25) is 0 Å². The second-order valence-corrected chi connectivity index (χ2v) is 17.6. The van der Waals surface area contributed by atoms with Gasteiger partial charge in [-0.05, 0) is 89.9 Å². The SMILES string of the molecule is CC/C=C\C/C=C\C/C=C\C/C=C\C/C=C\C/C=C\CCCCC(=O)OC(COCCCCCCCC/C=C\C/C=C\CCC)COC1OC(COC2OC(CO)C(O)C(O)C2O)C(O)C(O)C1O. The van der Waals surface area contributed by atoms with Crippen molar-refractivity contribution < 1.29 is 69.0 Å². The van der Waals surface area contributed by atoms with Gasteiger partial charge in [0.2, 0.25) is 0 Å². The number of carbonyl (C=O) groups is 1. The fraction of sp³-hybridized carbons (Fsp3) is 0.691. The average molecular weight is 975 g/mol. The Labute approximate surface area is 413 Å². The lowest BCUT2D eigenvalue weighted by atomic mass is 9.98. The lowest BCUT2D eigenvalue weighted by molar-refractivity contribution is -0.332. The van der Waals surface area contributed by atoms with Crippen LogP contribution in [-0.4, -0.2) is 142 Å². The van der Waals surface area contributed by atoms with E-state index in [-0.39, 0.29) is 19.6 Å². The highest BCUT2D eigenvalue weighted by Gasteiger charge is 2.47. The fourth-order valence-electron chi connectivity index (χ4n) is 7.38. The highest BCUT2D eigenvalue weighted by molar-refractivity contribution is 5.69. The first-order chi connectivity index (χ1) is 33.6. The second-order valence-electron chi connectivity index (χ2n) is 17.6. The number of aliphatic hydroxyl groups excluding tert-OH is 7. The summed E-state index contributed by atoms with van der Waals surface area (Å²) in [5.74, 6) is -0.427. The van der Waals surface area contributed by atoms with Crippen molar-refractivity contribution in [1.29, 1.82) is 0 Å². The molecule has 394 valence electrons. The van der Waals surface area contributed by atoms with Gasteiger partial charge in [0, 0.05) is 13.0 Å². The Kier molecular flexibility index (Phi) is 37.3. The van der Waals surface area contributed by atoms with Gasteiger partial charge >= 0.3 is 5.97 Å². The molecule has 11 unspecified atom stereocenters. The molecule has 0 spiro atoms. The monoisotopic (exact) mass is 975 g/mol. The molecule has 0 amide bonds. The van der Waals surface area contributed by atoms with Crippen molar-refractivity contribution in [3.8, 4) is 0 Å². The number of allylic oxidation sites excluding steroid dienone is 16. The molecule has 0 aromatic rings. The van der Waals surface area contributed by atoms with Gasteiger partial charge in [0.05, 0.1) is 26.4 Å². The van der Waals surface area contributed by atoms with Crippen molar-refractivity contribution in [1.82, 2.24) is 0 Å². The minimum absolute atomic E-state index is 0.0297. The molecule has 14 heteroatoms. The van der Waals surface area contributed by atoms with Gasteiger partial charge in [0.25, 0.3) is 0 Å². The molecule has 2 rings (SSSR count). The molecule has 2 fully saturated rings. The second kappa shape index (κ2) is 41.5. The lowest BCUT2D eigenvalue weighted by Crippen LogP contribution is -2.61. The summed E-state index contributed by atoms with van der Waals surface area (Å²) < 4.78 is 34.2. The molecule has 14 nitrogen and oxygen atoms in total. The average Bonchev–Trinajstić information content (AvgIpc) is 3.35. The number of hydrogen-bond donors (Lipinski definition) is 7. The fourth-order valence-corrected chi connectivity index (χ4v) is 7.38. The number of rotatable bonds is 39. The normalized spacial score (nSPS) is 26.5. The molecule has 2 heterocycles. The standard InChI is InChI=1S/C55H90O14/c1-3-5-7-9-11-13-15-17-19-20-21-22-23-24-25-26-28-30-32-34-36-38-47(57)67-44(41-64-39-37-35-33-31-29-27-18-16-14-12-10-8-6-4-2)42-65-54-53(63)51(61)49(59)46(69-54)43-66-55-52(62)50(60)48(58)45(40-56)68-55/h5,7-8,10-11,13-14,16-17,19,21-22,24-25,28,30,44-46,48-56,58-63H,3-4,6,9,12,15,18,20,23,26-27,29,31-43H2,1-2H3/b7-5-,10-8-,13-11-,16-14-,19-17-,22-21-,25-24-,30-28-. The largest absolute Gasteiger partial charge is 0.457 e. The van der Waals surface area contributed by atoms with Crippen LogP contribution in [0.3, 0.4) is 0 Å². The van der Waals surface area contributed by atoms with Crippen LogP contribution >= 0.6 is 0 Å². The summed E-state index contributed by atoms with van der Waals surface area (Å²) in [6.45, 7) is 3.39. The molecule has 0 aliphatic carbocycles. The van der Waals surface area contributed by atoms with E-state index >= 15 is 0 Å². The summed E-state index contributed by atoms with van der Waals surface area (Å²) in [6.07, 6.45) is 37.5. The van der Waals surface area contributed by atoms with Crippen molar-refractivity contribution >= 4 is 5.97 Å². The lowest BCUT2D eigenvalue weighted by Gasteiger charge is -2.42. The van der Waals surface area contributed by atoms with Gasteiger partial charge in [-0.3, -0.25) is 4.79 Å². The van der Waals surface area contributed by atoms with E-state index in [1.54, 1.807) is 0 Å². The van der Waals surface area contributed by atoms with Crippen LogP contribution in [0.15, 0.2) is 97.2 Å². The molecule has 0 aromatic heterocycles. The Balaban J connectivity index is 1.80. The highest BCUT2D eigenvalue weighted by atomic mass is 16.7. The van der Waals surface area contributed by atoms with Crippen LogP contribution in [0.25, 0.3) is 0 Å². The van der Waals surface area contributed by atoms with Gasteiger partial charge in [-0.25, -0.2) is 0 Å². The smallest absolute Gasteiger partial charge is 0.306 e. The third kappa shape index (κ3) is 29.1.